The Morgan fingerprint density at radius 2 is 1.75 bits per heavy atom. The second kappa shape index (κ2) is 7.73. The predicted molar refractivity (Wildman–Crippen MR) is 119 cm³/mol. The van der Waals surface area contributed by atoms with E-state index in [4.69, 9.17) is 17.0 Å². The number of morpholine rings is 1. The molecule has 2 saturated heterocycles. The van der Waals surface area contributed by atoms with E-state index in [1.165, 1.54) is 22.3 Å². The van der Waals surface area contributed by atoms with Gasteiger partial charge in [-0.3, -0.25) is 9.69 Å². The molecule has 2 fully saturated rings. The number of benzene rings is 1. The normalized spacial score (nSPS) is 19.2. The van der Waals surface area contributed by atoms with E-state index in [2.05, 4.69) is 53.6 Å². The van der Waals surface area contributed by atoms with Crippen LogP contribution in [0.2, 0.25) is 0 Å². The zero-order chi connectivity index (χ0) is 19.8. The van der Waals surface area contributed by atoms with Gasteiger partial charge in [-0.25, -0.2) is 0 Å². The first-order valence-electron chi connectivity index (χ1n) is 9.29. The minimum absolute atomic E-state index is 0.0327. The van der Waals surface area contributed by atoms with Crippen LogP contribution < -0.4 is 4.90 Å². The van der Waals surface area contributed by atoms with Crippen molar-refractivity contribution in [3.8, 4) is 5.69 Å². The Labute approximate surface area is 174 Å². The van der Waals surface area contributed by atoms with Gasteiger partial charge in [0.1, 0.15) is 4.32 Å². The van der Waals surface area contributed by atoms with E-state index in [-0.39, 0.29) is 5.91 Å². The number of thioether (sulfide) groups is 1. The van der Waals surface area contributed by atoms with Crippen LogP contribution in [-0.2, 0) is 9.53 Å². The molecule has 0 saturated carbocycles. The Morgan fingerprint density at radius 3 is 2.36 bits per heavy atom. The Balaban J connectivity index is 1.63. The lowest BCUT2D eigenvalue weighted by atomic mass is 10.2. The third-order valence-corrected chi connectivity index (χ3v) is 6.71. The molecule has 146 valence electrons. The van der Waals surface area contributed by atoms with Crippen LogP contribution in [0, 0.1) is 13.8 Å². The molecule has 28 heavy (non-hydrogen) atoms. The maximum absolute atomic E-state index is 12.3. The average Bonchev–Trinajstić information content (AvgIpc) is 3.12. The van der Waals surface area contributed by atoms with E-state index < -0.39 is 0 Å². The zero-order valence-corrected chi connectivity index (χ0v) is 17.9. The van der Waals surface area contributed by atoms with Gasteiger partial charge in [-0.15, -0.1) is 0 Å². The van der Waals surface area contributed by atoms with E-state index in [1.807, 2.05) is 6.08 Å². The van der Waals surface area contributed by atoms with Gasteiger partial charge in [0, 0.05) is 42.9 Å². The van der Waals surface area contributed by atoms with Crippen LogP contribution in [0.15, 0.2) is 35.2 Å². The van der Waals surface area contributed by atoms with Crippen LogP contribution in [0.1, 0.15) is 17.0 Å². The lowest BCUT2D eigenvalue weighted by Crippen LogP contribution is -2.36. The molecular formula is C21H23N3O2S2. The SMILES string of the molecule is Cc1cc(/C=C2\SC(=S)N(C)C2=O)c(C)n1-c1ccc(N2CCOCC2)cc1. The molecule has 1 aromatic heterocycles. The van der Waals surface area contributed by atoms with E-state index in [9.17, 15) is 4.79 Å². The molecule has 2 aliphatic rings. The summed E-state index contributed by atoms with van der Waals surface area (Å²) in [5, 5.41) is 0. The van der Waals surface area contributed by atoms with Gasteiger partial charge in [0.05, 0.1) is 18.1 Å². The van der Waals surface area contributed by atoms with Gasteiger partial charge in [-0.05, 0) is 55.8 Å². The Kier molecular flexibility index (Phi) is 5.31. The highest BCUT2D eigenvalue weighted by Gasteiger charge is 2.29. The number of aryl methyl sites for hydroxylation is 1. The number of carbonyl (C=O) groups is 1. The second-order valence-corrected chi connectivity index (χ2v) is 8.69. The van der Waals surface area contributed by atoms with Gasteiger partial charge in [-0.2, -0.15) is 0 Å². The fraction of sp³-hybridized carbons (Fsp3) is 0.333. The molecule has 0 spiro atoms. The lowest BCUT2D eigenvalue weighted by Gasteiger charge is -2.29. The summed E-state index contributed by atoms with van der Waals surface area (Å²) < 4.78 is 8.26. The third-order valence-electron chi connectivity index (χ3n) is 5.23. The molecule has 0 atom stereocenters. The number of hydrogen-bond acceptors (Lipinski definition) is 5. The largest absolute Gasteiger partial charge is 0.378 e. The Bertz CT molecular complexity index is 957. The van der Waals surface area contributed by atoms with Crippen molar-refractivity contribution >= 4 is 46.0 Å². The summed E-state index contributed by atoms with van der Waals surface area (Å²) in [7, 11) is 1.72. The summed E-state index contributed by atoms with van der Waals surface area (Å²) in [6.07, 6.45) is 1.95. The quantitative estimate of drug-likeness (QED) is 0.566. The Hall–Kier alpha value is -2.09. The number of rotatable bonds is 3. The standard InChI is InChI=1S/C21H23N3O2S2/c1-14-12-16(13-19-20(25)22(3)21(27)28-19)15(2)24(14)18-6-4-17(5-7-18)23-8-10-26-11-9-23/h4-7,12-13H,8-11H2,1-3H3/b19-13-. The third kappa shape index (κ3) is 3.50. The number of carbonyl (C=O) groups excluding carboxylic acids is 1. The van der Waals surface area contributed by atoms with Crippen molar-refractivity contribution in [2.45, 2.75) is 13.8 Å². The summed E-state index contributed by atoms with van der Waals surface area (Å²) in [6.45, 7) is 7.60. The second-order valence-electron chi connectivity index (χ2n) is 7.02. The van der Waals surface area contributed by atoms with Gasteiger partial charge >= 0.3 is 0 Å². The highest BCUT2D eigenvalue weighted by Crippen LogP contribution is 2.33. The highest BCUT2D eigenvalue weighted by atomic mass is 32.2. The van der Waals surface area contributed by atoms with Gasteiger partial charge < -0.3 is 14.2 Å². The molecule has 0 unspecified atom stereocenters. The fourth-order valence-corrected chi connectivity index (χ4v) is 4.82. The smallest absolute Gasteiger partial charge is 0.265 e. The molecule has 2 aromatic rings. The molecule has 1 aromatic carbocycles. The number of ether oxygens (including phenoxy) is 1. The number of likely N-dealkylation sites (N-methyl/N-ethyl adjacent to an activating group) is 1. The van der Waals surface area contributed by atoms with Crippen LogP contribution in [-0.4, -0.2) is 53.0 Å². The molecule has 0 bridgehead atoms. The topological polar surface area (TPSA) is 37.7 Å². The van der Waals surface area contributed by atoms with Crippen molar-refractivity contribution in [2.24, 2.45) is 0 Å². The summed E-state index contributed by atoms with van der Waals surface area (Å²) in [6, 6.07) is 10.8. The first-order valence-corrected chi connectivity index (χ1v) is 10.5. The van der Waals surface area contributed by atoms with Crippen molar-refractivity contribution in [2.75, 3.05) is 38.3 Å². The number of amides is 1. The molecule has 7 heteroatoms. The molecule has 0 N–H and O–H groups in total. The maximum atomic E-state index is 12.3. The summed E-state index contributed by atoms with van der Waals surface area (Å²) in [5.74, 6) is -0.0327. The molecule has 3 heterocycles. The first kappa shape index (κ1) is 19.2. The lowest BCUT2D eigenvalue weighted by molar-refractivity contribution is -0.121. The van der Waals surface area contributed by atoms with Crippen molar-refractivity contribution in [3.05, 3.63) is 52.2 Å². The highest BCUT2D eigenvalue weighted by molar-refractivity contribution is 8.26. The maximum Gasteiger partial charge on any atom is 0.265 e. The number of aromatic nitrogens is 1. The van der Waals surface area contributed by atoms with Gasteiger partial charge in [0.25, 0.3) is 5.91 Å². The predicted octanol–water partition coefficient (Wildman–Crippen LogP) is 3.76. The molecule has 5 nitrogen and oxygen atoms in total. The van der Waals surface area contributed by atoms with Gasteiger partial charge in [0.2, 0.25) is 0 Å². The molecule has 1 amide bonds. The van der Waals surface area contributed by atoms with E-state index in [0.29, 0.717) is 9.23 Å². The first-order chi connectivity index (χ1) is 13.5. The minimum Gasteiger partial charge on any atom is -0.378 e. The van der Waals surface area contributed by atoms with Crippen molar-refractivity contribution in [3.63, 3.8) is 0 Å². The molecular weight excluding hydrogens is 390 g/mol. The number of thiocarbonyl (C=S) groups is 1. The number of nitrogens with zero attached hydrogens (tertiary/aromatic N) is 3. The van der Waals surface area contributed by atoms with Crippen LogP contribution in [0.25, 0.3) is 11.8 Å². The van der Waals surface area contributed by atoms with Crippen LogP contribution >= 0.6 is 24.0 Å². The zero-order valence-electron chi connectivity index (χ0n) is 16.3. The van der Waals surface area contributed by atoms with Gasteiger partial charge in [-0.1, -0.05) is 24.0 Å². The van der Waals surface area contributed by atoms with Gasteiger partial charge in [0.15, 0.2) is 0 Å². The molecule has 0 aliphatic carbocycles. The molecule has 2 aliphatic heterocycles. The minimum atomic E-state index is -0.0327. The average molecular weight is 414 g/mol. The summed E-state index contributed by atoms with van der Waals surface area (Å²) in [5.41, 5.74) is 5.63. The summed E-state index contributed by atoms with van der Waals surface area (Å²) in [4.78, 5) is 16.9. The fourth-order valence-electron chi connectivity index (χ4n) is 3.65. The monoisotopic (exact) mass is 413 g/mol. The Morgan fingerprint density at radius 1 is 1.11 bits per heavy atom. The molecule has 4 rings (SSSR count). The molecule has 0 radical (unpaired) electrons. The van der Waals surface area contributed by atoms with Crippen molar-refractivity contribution in [1.82, 2.24) is 9.47 Å². The van der Waals surface area contributed by atoms with Crippen LogP contribution in [0.3, 0.4) is 0 Å². The van der Waals surface area contributed by atoms with Crippen molar-refractivity contribution in [1.29, 1.82) is 0 Å². The van der Waals surface area contributed by atoms with Crippen LogP contribution in [0.5, 0.6) is 0 Å². The van der Waals surface area contributed by atoms with Crippen molar-refractivity contribution < 1.29 is 9.53 Å². The van der Waals surface area contributed by atoms with E-state index in [1.54, 1.807) is 7.05 Å². The number of anilines is 1. The summed E-state index contributed by atoms with van der Waals surface area (Å²) >= 11 is 6.59. The number of hydrogen-bond donors (Lipinski definition) is 0. The van der Waals surface area contributed by atoms with E-state index >= 15 is 0 Å². The van der Waals surface area contributed by atoms with E-state index in [0.717, 1.165) is 48.9 Å². The van der Waals surface area contributed by atoms with Crippen LogP contribution in [0.4, 0.5) is 5.69 Å².